The minimum absolute atomic E-state index is 0.0634. The van der Waals surface area contributed by atoms with Crippen molar-refractivity contribution in [1.82, 2.24) is 5.32 Å². The van der Waals surface area contributed by atoms with Gasteiger partial charge in [0.2, 0.25) is 5.91 Å². The van der Waals surface area contributed by atoms with Crippen LogP contribution in [-0.4, -0.2) is 18.8 Å². The van der Waals surface area contributed by atoms with Crippen LogP contribution in [0, 0.1) is 0 Å². The number of carbonyl (C=O) groups is 1. The SMILES string of the molecule is CCNC(=O)CC(C)c1ccc(OC(F)(F)F)cc1. The van der Waals surface area contributed by atoms with Crippen molar-refractivity contribution in [2.24, 2.45) is 0 Å². The van der Waals surface area contributed by atoms with Crippen molar-refractivity contribution in [2.75, 3.05) is 6.54 Å². The highest BCUT2D eigenvalue weighted by Crippen LogP contribution is 2.25. The summed E-state index contributed by atoms with van der Waals surface area (Å²) in [6, 6.07) is 5.56. The monoisotopic (exact) mass is 275 g/mol. The first-order valence-corrected chi connectivity index (χ1v) is 5.94. The quantitative estimate of drug-likeness (QED) is 0.896. The molecule has 0 bridgehead atoms. The minimum atomic E-state index is -4.69. The van der Waals surface area contributed by atoms with Crippen molar-refractivity contribution >= 4 is 5.91 Å². The van der Waals surface area contributed by atoms with Gasteiger partial charge in [-0.05, 0) is 30.5 Å². The molecular weight excluding hydrogens is 259 g/mol. The molecule has 6 heteroatoms. The number of halogens is 3. The maximum absolute atomic E-state index is 12.0. The second kappa shape index (κ2) is 6.45. The zero-order valence-corrected chi connectivity index (χ0v) is 10.8. The van der Waals surface area contributed by atoms with Crippen molar-refractivity contribution in [2.45, 2.75) is 32.5 Å². The van der Waals surface area contributed by atoms with Gasteiger partial charge in [0.05, 0.1) is 0 Å². The van der Waals surface area contributed by atoms with Gasteiger partial charge in [0, 0.05) is 13.0 Å². The Morgan fingerprint density at radius 2 is 1.89 bits per heavy atom. The lowest BCUT2D eigenvalue weighted by Gasteiger charge is -2.13. The van der Waals surface area contributed by atoms with Crippen molar-refractivity contribution in [1.29, 1.82) is 0 Å². The van der Waals surface area contributed by atoms with E-state index in [1.807, 2.05) is 13.8 Å². The topological polar surface area (TPSA) is 38.3 Å². The smallest absolute Gasteiger partial charge is 0.406 e. The fourth-order valence-electron chi connectivity index (χ4n) is 1.66. The van der Waals surface area contributed by atoms with E-state index in [9.17, 15) is 18.0 Å². The van der Waals surface area contributed by atoms with E-state index in [1.165, 1.54) is 24.3 Å². The molecule has 0 saturated carbocycles. The first-order chi connectivity index (χ1) is 8.81. The molecule has 0 radical (unpaired) electrons. The molecule has 1 aromatic rings. The molecule has 0 aliphatic heterocycles. The Kier molecular flexibility index (Phi) is 5.20. The number of benzene rings is 1. The van der Waals surface area contributed by atoms with Gasteiger partial charge in [-0.2, -0.15) is 0 Å². The maximum Gasteiger partial charge on any atom is 0.573 e. The van der Waals surface area contributed by atoms with E-state index in [0.717, 1.165) is 5.56 Å². The lowest BCUT2D eigenvalue weighted by Crippen LogP contribution is -2.23. The lowest BCUT2D eigenvalue weighted by molar-refractivity contribution is -0.274. The third-order valence-corrected chi connectivity index (χ3v) is 2.55. The largest absolute Gasteiger partial charge is 0.573 e. The molecule has 0 aliphatic carbocycles. The van der Waals surface area contributed by atoms with Crippen LogP contribution in [0.15, 0.2) is 24.3 Å². The summed E-state index contributed by atoms with van der Waals surface area (Å²) in [4.78, 5) is 11.4. The number of hydrogen-bond acceptors (Lipinski definition) is 2. The highest BCUT2D eigenvalue weighted by Gasteiger charge is 2.31. The number of ether oxygens (including phenoxy) is 1. The summed E-state index contributed by atoms with van der Waals surface area (Å²) in [5, 5.41) is 2.68. The van der Waals surface area contributed by atoms with Gasteiger partial charge in [-0.15, -0.1) is 13.2 Å². The first kappa shape index (κ1) is 15.3. The molecule has 3 nitrogen and oxygen atoms in total. The summed E-state index contributed by atoms with van der Waals surface area (Å²) in [7, 11) is 0. The lowest BCUT2D eigenvalue weighted by atomic mass is 9.97. The Morgan fingerprint density at radius 1 is 1.32 bits per heavy atom. The van der Waals surface area contributed by atoms with Gasteiger partial charge in [-0.25, -0.2) is 0 Å². The Bertz CT molecular complexity index is 415. The molecule has 0 heterocycles. The van der Waals surface area contributed by atoms with E-state index in [1.54, 1.807) is 0 Å². The average molecular weight is 275 g/mol. The van der Waals surface area contributed by atoms with Gasteiger partial charge in [-0.3, -0.25) is 4.79 Å². The van der Waals surface area contributed by atoms with Crippen LogP contribution in [0.25, 0.3) is 0 Å². The van der Waals surface area contributed by atoms with E-state index in [4.69, 9.17) is 0 Å². The normalized spacial score (nSPS) is 12.9. The second-order valence-corrected chi connectivity index (χ2v) is 4.18. The third kappa shape index (κ3) is 5.63. The first-order valence-electron chi connectivity index (χ1n) is 5.94. The highest BCUT2D eigenvalue weighted by atomic mass is 19.4. The zero-order valence-electron chi connectivity index (χ0n) is 10.8. The molecule has 1 amide bonds. The molecule has 0 fully saturated rings. The second-order valence-electron chi connectivity index (χ2n) is 4.18. The molecule has 0 saturated heterocycles. The highest BCUT2D eigenvalue weighted by molar-refractivity contribution is 5.76. The number of nitrogens with one attached hydrogen (secondary N) is 1. The molecule has 0 aliphatic rings. The fraction of sp³-hybridized carbons (Fsp3) is 0.462. The van der Waals surface area contributed by atoms with E-state index < -0.39 is 6.36 Å². The van der Waals surface area contributed by atoms with Gasteiger partial charge < -0.3 is 10.1 Å². The van der Waals surface area contributed by atoms with Crippen LogP contribution >= 0.6 is 0 Å². The maximum atomic E-state index is 12.0. The van der Waals surface area contributed by atoms with Crippen LogP contribution in [0.2, 0.25) is 0 Å². The third-order valence-electron chi connectivity index (χ3n) is 2.55. The van der Waals surface area contributed by atoms with E-state index in [-0.39, 0.29) is 17.6 Å². The molecule has 1 N–H and O–H groups in total. The van der Waals surface area contributed by atoms with Crippen LogP contribution in [0.1, 0.15) is 31.7 Å². The number of carbonyl (C=O) groups excluding carboxylic acids is 1. The van der Waals surface area contributed by atoms with Crippen molar-refractivity contribution < 1.29 is 22.7 Å². The summed E-state index contributed by atoms with van der Waals surface area (Å²) in [5.74, 6) is -0.404. The van der Waals surface area contributed by atoms with Gasteiger partial charge in [0.15, 0.2) is 0 Å². The van der Waals surface area contributed by atoms with E-state index in [0.29, 0.717) is 13.0 Å². The van der Waals surface area contributed by atoms with Crippen LogP contribution in [0.4, 0.5) is 13.2 Å². The van der Waals surface area contributed by atoms with Crippen LogP contribution < -0.4 is 10.1 Å². The van der Waals surface area contributed by atoms with Crippen molar-refractivity contribution in [3.63, 3.8) is 0 Å². The molecule has 106 valence electrons. The molecule has 19 heavy (non-hydrogen) atoms. The summed E-state index contributed by atoms with van der Waals surface area (Å²) in [6.45, 7) is 4.23. The minimum Gasteiger partial charge on any atom is -0.406 e. The van der Waals surface area contributed by atoms with E-state index >= 15 is 0 Å². The van der Waals surface area contributed by atoms with Gasteiger partial charge >= 0.3 is 6.36 Å². The molecule has 0 aromatic heterocycles. The Labute approximate surface area is 109 Å². The number of alkyl halides is 3. The molecule has 1 rings (SSSR count). The van der Waals surface area contributed by atoms with Gasteiger partial charge in [0.25, 0.3) is 0 Å². The standard InChI is InChI=1S/C13H16F3NO2/c1-3-17-12(18)8-9(2)10-4-6-11(7-5-10)19-13(14,15)16/h4-7,9H,3,8H2,1-2H3,(H,17,18). The number of rotatable bonds is 5. The summed E-state index contributed by atoms with van der Waals surface area (Å²) < 4.78 is 39.7. The Hall–Kier alpha value is -1.72. The average Bonchev–Trinajstić information content (AvgIpc) is 2.27. The van der Waals surface area contributed by atoms with Crippen molar-refractivity contribution in [3.05, 3.63) is 29.8 Å². The number of amides is 1. The van der Waals surface area contributed by atoms with Crippen LogP contribution in [-0.2, 0) is 4.79 Å². The molecule has 1 unspecified atom stereocenters. The van der Waals surface area contributed by atoms with Crippen molar-refractivity contribution in [3.8, 4) is 5.75 Å². The summed E-state index contributed by atoms with van der Waals surface area (Å²) in [5.41, 5.74) is 0.792. The van der Waals surface area contributed by atoms with E-state index in [2.05, 4.69) is 10.1 Å². The summed E-state index contributed by atoms with van der Waals surface area (Å²) in [6.07, 6.45) is -4.39. The van der Waals surface area contributed by atoms with Crippen LogP contribution in [0.5, 0.6) is 5.75 Å². The Balaban J connectivity index is 2.63. The molecule has 0 spiro atoms. The zero-order chi connectivity index (χ0) is 14.5. The van der Waals surface area contributed by atoms with Gasteiger partial charge in [-0.1, -0.05) is 19.1 Å². The fourth-order valence-corrected chi connectivity index (χ4v) is 1.66. The Morgan fingerprint density at radius 3 is 2.37 bits per heavy atom. The molecule has 1 atom stereocenters. The predicted molar refractivity (Wildman–Crippen MR) is 64.8 cm³/mol. The number of hydrogen-bond donors (Lipinski definition) is 1. The summed E-state index contributed by atoms with van der Waals surface area (Å²) >= 11 is 0. The molecular formula is C13H16F3NO2. The van der Waals surface area contributed by atoms with Gasteiger partial charge in [0.1, 0.15) is 5.75 Å². The molecule has 1 aromatic carbocycles. The predicted octanol–water partition coefficient (Wildman–Crippen LogP) is 3.21. The van der Waals surface area contributed by atoms with Crippen LogP contribution in [0.3, 0.4) is 0 Å².